The minimum atomic E-state index is -0.323. The lowest BCUT2D eigenvalue weighted by atomic mass is 10.1. The van der Waals surface area contributed by atoms with Crippen molar-refractivity contribution in [3.05, 3.63) is 71.7 Å². The fourth-order valence-electron chi connectivity index (χ4n) is 3.61. The number of carbonyl (C=O) groups excluding carboxylic acids is 1. The minimum absolute atomic E-state index is 0.0126. The maximum absolute atomic E-state index is 13.4. The van der Waals surface area contributed by atoms with E-state index < -0.39 is 0 Å². The number of piperazine rings is 1. The molecule has 29 heavy (non-hydrogen) atoms. The lowest BCUT2D eigenvalue weighted by molar-refractivity contribution is 0.0619. The number of para-hydroxylation sites is 1. The van der Waals surface area contributed by atoms with Gasteiger partial charge in [0.05, 0.1) is 16.8 Å². The van der Waals surface area contributed by atoms with Crippen LogP contribution in [-0.4, -0.2) is 60.0 Å². The van der Waals surface area contributed by atoms with Crippen LogP contribution < -0.4 is 4.74 Å². The van der Waals surface area contributed by atoms with Gasteiger partial charge in [0.1, 0.15) is 18.2 Å². The highest BCUT2D eigenvalue weighted by molar-refractivity contribution is 5.98. The Balaban J connectivity index is 1.33. The number of hydrogen-bond acceptors (Lipinski definition) is 4. The molecule has 0 unspecified atom stereocenters. The number of nitrogens with zero attached hydrogens (tertiary/aromatic N) is 3. The Morgan fingerprint density at radius 2 is 1.83 bits per heavy atom. The zero-order valence-corrected chi connectivity index (χ0v) is 16.5. The molecule has 0 spiro atoms. The average Bonchev–Trinajstić information content (AvgIpc) is 2.74. The fraction of sp³-hybridized carbons (Fsp3) is 0.304. The molecule has 0 N–H and O–H groups in total. The highest BCUT2D eigenvalue weighted by Gasteiger charge is 2.24. The molecule has 0 bridgehead atoms. The third-order valence-electron chi connectivity index (χ3n) is 5.28. The van der Waals surface area contributed by atoms with Gasteiger partial charge in [0, 0.05) is 44.2 Å². The van der Waals surface area contributed by atoms with Gasteiger partial charge in [-0.05, 0) is 37.3 Å². The van der Waals surface area contributed by atoms with Crippen LogP contribution in [0.5, 0.6) is 5.75 Å². The van der Waals surface area contributed by atoms with Crippen molar-refractivity contribution in [1.82, 2.24) is 14.8 Å². The average molecular weight is 393 g/mol. The van der Waals surface area contributed by atoms with E-state index in [4.69, 9.17) is 4.74 Å². The predicted octanol–water partition coefficient (Wildman–Crippen LogP) is 3.52. The van der Waals surface area contributed by atoms with Crippen molar-refractivity contribution in [3.8, 4) is 5.75 Å². The number of aromatic nitrogens is 1. The van der Waals surface area contributed by atoms with Crippen LogP contribution in [0.3, 0.4) is 0 Å². The molecule has 1 fully saturated rings. The Hall–Kier alpha value is -2.99. The summed E-state index contributed by atoms with van der Waals surface area (Å²) in [5.41, 5.74) is 1.79. The van der Waals surface area contributed by atoms with E-state index in [9.17, 15) is 9.18 Å². The number of hydrogen-bond donors (Lipinski definition) is 0. The van der Waals surface area contributed by atoms with Crippen molar-refractivity contribution in [2.45, 2.75) is 6.92 Å². The van der Waals surface area contributed by atoms with Gasteiger partial charge in [-0.2, -0.15) is 0 Å². The maximum Gasteiger partial charge on any atom is 0.255 e. The summed E-state index contributed by atoms with van der Waals surface area (Å²) in [6.45, 7) is 6.23. The van der Waals surface area contributed by atoms with Gasteiger partial charge < -0.3 is 9.64 Å². The number of fused-ring (bicyclic) bond motifs is 1. The third kappa shape index (κ3) is 4.54. The molecule has 1 aliphatic heterocycles. The number of aryl methyl sites for hydroxylation is 1. The molecule has 1 aliphatic rings. The molecule has 2 aromatic carbocycles. The van der Waals surface area contributed by atoms with Crippen LogP contribution in [0.1, 0.15) is 16.1 Å². The van der Waals surface area contributed by atoms with Crippen molar-refractivity contribution < 1.29 is 13.9 Å². The molecular weight excluding hydrogens is 369 g/mol. The monoisotopic (exact) mass is 393 g/mol. The fourth-order valence-corrected chi connectivity index (χ4v) is 3.61. The van der Waals surface area contributed by atoms with E-state index in [1.54, 1.807) is 13.0 Å². The van der Waals surface area contributed by atoms with Gasteiger partial charge in [0.2, 0.25) is 0 Å². The molecule has 3 aromatic rings. The van der Waals surface area contributed by atoms with Crippen LogP contribution in [0.2, 0.25) is 0 Å². The zero-order valence-electron chi connectivity index (χ0n) is 16.5. The largest absolute Gasteiger partial charge is 0.492 e. The quantitative estimate of drug-likeness (QED) is 0.665. The molecule has 4 rings (SSSR count). The van der Waals surface area contributed by atoms with Crippen LogP contribution in [0.4, 0.5) is 4.39 Å². The number of benzene rings is 2. The first kappa shape index (κ1) is 19.3. The van der Waals surface area contributed by atoms with Crippen LogP contribution in [0.25, 0.3) is 10.9 Å². The van der Waals surface area contributed by atoms with Crippen LogP contribution >= 0.6 is 0 Å². The second kappa shape index (κ2) is 8.57. The number of rotatable bonds is 5. The number of pyridine rings is 1. The van der Waals surface area contributed by atoms with E-state index in [2.05, 4.69) is 9.88 Å². The zero-order chi connectivity index (χ0) is 20.2. The molecule has 1 aromatic heterocycles. The lowest BCUT2D eigenvalue weighted by Crippen LogP contribution is -2.49. The molecule has 2 heterocycles. The summed E-state index contributed by atoms with van der Waals surface area (Å²) in [6.07, 6.45) is 0. The first-order valence-electron chi connectivity index (χ1n) is 9.86. The van der Waals surface area contributed by atoms with Gasteiger partial charge in [0.15, 0.2) is 0 Å². The minimum Gasteiger partial charge on any atom is -0.492 e. The predicted molar refractivity (Wildman–Crippen MR) is 111 cm³/mol. The molecule has 6 heteroatoms. The molecule has 5 nitrogen and oxygen atoms in total. The molecule has 0 atom stereocenters. The third-order valence-corrected chi connectivity index (χ3v) is 5.28. The summed E-state index contributed by atoms with van der Waals surface area (Å²) in [5.74, 6) is 0.540. The Morgan fingerprint density at radius 3 is 2.59 bits per heavy atom. The first-order valence-corrected chi connectivity index (χ1v) is 9.86. The lowest BCUT2D eigenvalue weighted by Gasteiger charge is -2.34. The van der Waals surface area contributed by atoms with Crippen LogP contribution in [0.15, 0.2) is 54.6 Å². The Bertz CT molecular complexity index is 1000. The van der Waals surface area contributed by atoms with Crippen molar-refractivity contribution in [2.75, 3.05) is 39.3 Å². The molecule has 0 aliphatic carbocycles. The molecule has 0 saturated carbocycles. The van der Waals surface area contributed by atoms with E-state index in [1.807, 2.05) is 41.3 Å². The number of halogens is 1. The summed E-state index contributed by atoms with van der Waals surface area (Å²) in [6, 6.07) is 16.1. The highest BCUT2D eigenvalue weighted by atomic mass is 19.1. The topological polar surface area (TPSA) is 45.7 Å². The van der Waals surface area contributed by atoms with E-state index in [1.165, 1.54) is 12.1 Å². The summed E-state index contributed by atoms with van der Waals surface area (Å²) >= 11 is 0. The van der Waals surface area contributed by atoms with Crippen molar-refractivity contribution in [3.63, 3.8) is 0 Å². The normalized spacial score (nSPS) is 14.9. The highest BCUT2D eigenvalue weighted by Crippen LogP contribution is 2.20. The standard InChI is InChI=1S/C23H24FN3O2/c1-17-21(15-18-7-8-19(24)16-22(18)25-17)23(28)27-11-9-26(10-12-27)13-14-29-20-5-3-2-4-6-20/h2-8,15-16H,9-14H2,1H3. The van der Waals surface area contributed by atoms with Crippen LogP contribution in [0, 0.1) is 12.7 Å². The van der Waals surface area contributed by atoms with Crippen molar-refractivity contribution in [1.29, 1.82) is 0 Å². The number of ether oxygens (including phenoxy) is 1. The molecule has 1 saturated heterocycles. The van der Waals surface area contributed by atoms with Crippen molar-refractivity contribution in [2.24, 2.45) is 0 Å². The number of amides is 1. The van der Waals surface area contributed by atoms with Gasteiger partial charge in [0.25, 0.3) is 5.91 Å². The Morgan fingerprint density at radius 1 is 1.07 bits per heavy atom. The van der Waals surface area contributed by atoms with Gasteiger partial charge in [-0.1, -0.05) is 18.2 Å². The van der Waals surface area contributed by atoms with E-state index in [0.717, 1.165) is 30.8 Å². The molecule has 150 valence electrons. The van der Waals surface area contributed by atoms with Gasteiger partial charge in [-0.25, -0.2) is 4.39 Å². The summed E-state index contributed by atoms with van der Waals surface area (Å²) in [7, 11) is 0. The molecule has 0 radical (unpaired) electrons. The Kier molecular flexibility index (Phi) is 5.71. The smallest absolute Gasteiger partial charge is 0.255 e. The molecular formula is C23H24FN3O2. The maximum atomic E-state index is 13.4. The Labute approximate surface area is 169 Å². The van der Waals surface area contributed by atoms with E-state index in [0.29, 0.717) is 36.5 Å². The molecule has 1 amide bonds. The van der Waals surface area contributed by atoms with Gasteiger partial charge in [-0.15, -0.1) is 0 Å². The van der Waals surface area contributed by atoms with Crippen molar-refractivity contribution >= 4 is 16.8 Å². The summed E-state index contributed by atoms with van der Waals surface area (Å²) < 4.78 is 19.2. The second-order valence-electron chi connectivity index (χ2n) is 7.25. The van der Waals surface area contributed by atoms with Gasteiger partial charge >= 0.3 is 0 Å². The summed E-state index contributed by atoms with van der Waals surface area (Å²) in [5, 5.41) is 0.775. The SMILES string of the molecule is Cc1nc2cc(F)ccc2cc1C(=O)N1CCN(CCOc2ccccc2)CC1. The number of carbonyl (C=O) groups is 1. The second-order valence-corrected chi connectivity index (χ2v) is 7.25. The first-order chi connectivity index (χ1) is 14.1. The van der Waals surface area contributed by atoms with Gasteiger partial charge in [-0.3, -0.25) is 14.7 Å². The van der Waals surface area contributed by atoms with E-state index >= 15 is 0 Å². The van der Waals surface area contributed by atoms with E-state index in [-0.39, 0.29) is 11.7 Å². The van der Waals surface area contributed by atoms with Crippen LogP contribution in [-0.2, 0) is 0 Å². The summed E-state index contributed by atoms with van der Waals surface area (Å²) in [4.78, 5) is 21.6.